The van der Waals surface area contributed by atoms with Crippen molar-refractivity contribution in [2.24, 2.45) is 0 Å². The number of hydrogen-bond acceptors (Lipinski definition) is 1. The zero-order valence-corrected chi connectivity index (χ0v) is 30.0. The molecule has 0 bridgehead atoms. The normalized spacial score (nSPS) is 12.3. The fourth-order valence-electron chi connectivity index (χ4n) is 8.09. The van der Waals surface area contributed by atoms with Crippen LogP contribution in [0.2, 0.25) is 0 Å². The highest BCUT2D eigenvalue weighted by Crippen LogP contribution is 2.50. The first kappa shape index (κ1) is 31.8. The van der Waals surface area contributed by atoms with Crippen LogP contribution >= 0.6 is 0 Å². The van der Waals surface area contributed by atoms with E-state index in [0.29, 0.717) is 0 Å². The summed E-state index contributed by atoms with van der Waals surface area (Å²) in [6, 6.07) is 58.5. The Morgan fingerprint density at radius 3 is 1.58 bits per heavy atom. The van der Waals surface area contributed by atoms with Crippen LogP contribution in [0.15, 0.2) is 164 Å². The van der Waals surface area contributed by atoms with E-state index in [4.69, 9.17) is 0 Å². The zero-order valence-electron chi connectivity index (χ0n) is 30.0. The third kappa shape index (κ3) is 5.60. The van der Waals surface area contributed by atoms with E-state index in [1.54, 1.807) is 0 Å². The molecule has 1 aliphatic carbocycles. The quantitative estimate of drug-likeness (QED) is 0.160. The summed E-state index contributed by atoms with van der Waals surface area (Å²) >= 11 is 0. The molecule has 0 saturated carbocycles. The third-order valence-corrected chi connectivity index (χ3v) is 10.7. The Morgan fingerprint density at radius 2 is 0.981 bits per heavy atom. The molecule has 8 aromatic rings. The van der Waals surface area contributed by atoms with Gasteiger partial charge in [0.1, 0.15) is 0 Å². The molecule has 0 aliphatic heterocycles. The molecule has 0 amide bonds. The highest BCUT2D eigenvalue weighted by Gasteiger charge is 2.25. The Kier molecular flexibility index (Phi) is 8.05. The average molecular weight is 668 g/mol. The van der Waals surface area contributed by atoms with Crippen LogP contribution < -0.4 is 4.90 Å². The molecular formula is C51H41N. The smallest absolute Gasteiger partial charge is 0.0468 e. The topological polar surface area (TPSA) is 3.24 Å². The van der Waals surface area contributed by atoms with Crippen molar-refractivity contribution < 1.29 is 0 Å². The number of hydrogen-bond donors (Lipinski definition) is 0. The molecule has 1 aliphatic rings. The SMILES string of the molecule is Cc1ccc(-c2c(-c3ccccc3)cc(-c3ccccc3)c3c4c(c5cc(N(c6ccc(C)cc6)c6ccc(C)cc6)ccc5c23)CCC=C4)cc1. The highest BCUT2D eigenvalue weighted by atomic mass is 15.1. The highest BCUT2D eigenvalue weighted by molar-refractivity contribution is 6.25. The first-order valence-corrected chi connectivity index (χ1v) is 18.4. The van der Waals surface area contributed by atoms with E-state index in [0.717, 1.165) is 29.9 Å². The summed E-state index contributed by atoms with van der Waals surface area (Å²) in [6.07, 6.45) is 6.81. The van der Waals surface area contributed by atoms with Crippen LogP contribution in [0.4, 0.5) is 17.1 Å². The number of fused-ring (bicyclic) bond motifs is 6. The largest absolute Gasteiger partial charge is 0.310 e. The summed E-state index contributed by atoms with van der Waals surface area (Å²) in [7, 11) is 0. The van der Waals surface area contributed by atoms with Gasteiger partial charge in [0.05, 0.1) is 0 Å². The Balaban J connectivity index is 1.44. The fourth-order valence-corrected chi connectivity index (χ4v) is 8.09. The van der Waals surface area contributed by atoms with Crippen molar-refractivity contribution in [2.45, 2.75) is 33.6 Å². The molecule has 0 aromatic heterocycles. The van der Waals surface area contributed by atoms with Gasteiger partial charge in [-0.3, -0.25) is 0 Å². The van der Waals surface area contributed by atoms with Gasteiger partial charge in [0.15, 0.2) is 0 Å². The van der Waals surface area contributed by atoms with Crippen molar-refractivity contribution in [1.29, 1.82) is 0 Å². The minimum Gasteiger partial charge on any atom is -0.310 e. The predicted molar refractivity (Wildman–Crippen MR) is 224 cm³/mol. The molecule has 52 heavy (non-hydrogen) atoms. The summed E-state index contributed by atoms with van der Waals surface area (Å²) < 4.78 is 0. The lowest BCUT2D eigenvalue weighted by Gasteiger charge is -2.28. The van der Waals surface area contributed by atoms with Crippen LogP contribution in [0, 0.1) is 20.8 Å². The molecule has 0 spiro atoms. The maximum atomic E-state index is 2.46. The molecular weight excluding hydrogens is 627 g/mol. The molecule has 1 heteroatoms. The molecule has 250 valence electrons. The lowest BCUT2D eigenvalue weighted by Crippen LogP contribution is -2.10. The number of aryl methyl sites for hydroxylation is 4. The van der Waals surface area contributed by atoms with E-state index in [-0.39, 0.29) is 0 Å². The summed E-state index contributed by atoms with van der Waals surface area (Å²) in [5.41, 5.74) is 17.5. The van der Waals surface area contributed by atoms with E-state index in [1.165, 1.54) is 82.7 Å². The van der Waals surface area contributed by atoms with Gasteiger partial charge in [0.2, 0.25) is 0 Å². The molecule has 0 atom stereocenters. The molecule has 0 fully saturated rings. The van der Waals surface area contributed by atoms with Gasteiger partial charge in [-0.05, 0) is 142 Å². The number of benzene rings is 8. The lowest BCUT2D eigenvalue weighted by atomic mass is 9.78. The monoisotopic (exact) mass is 667 g/mol. The number of rotatable bonds is 6. The number of anilines is 3. The fraction of sp³-hybridized carbons (Fsp3) is 0.0980. The van der Waals surface area contributed by atoms with E-state index in [1.807, 2.05) is 0 Å². The first-order chi connectivity index (χ1) is 25.5. The molecule has 0 unspecified atom stereocenters. The minimum atomic E-state index is 1.01. The van der Waals surface area contributed by atoms with Gasteiger partial charge in [-0.15, -0.1) is 0 Å². The maximum Gasteiger partial charge on any atom is 0.0468 e. The van der Waals surface area contributed by atoms with Gasteiger partial charge in [-0.2, -0.15) is 0 Å². The van der Waals surface area contributed by atoms with E-state index in [9.17, 15) is 0 Å². The Bertz CT molecular complexity index is 2550. The van der Waals surface area contributed by atoms with Crippen molar-refractivity contribution >= 4 is 44.7 Å². The minimum absolute atomic E-state index is 1.01. The molecule has 9 rings (SSSR count). The van der Waals surface area contributed by atoms with Crippen LogP contribution in [-0.4, -0.2) is 0 Å². The molecule has 0 saturated heterocycles. The van der Waals surface area contributed by atoms with Crippen molar-refractivity contribution in [3.8, 4) is 33.4 Å². The molecule has 0 radical (unpaired) electrons. The van der Waals surface area contributed by atoms with Crippen LogP contribution in [0.1, 0.15) is 34.2 Å². The Labute approximate surface area is 307 Å². The van der Waals surface area contributed by atoms with Crippen molar-refractivity contribution in [1.82, 2.24) is 0 Å². The second-order valence-corrected chi connectivity index (χ2v) is 14.3. The van der Waals surface area contributed by atoms with E-state index in [2.05, 4.69) is 196 Å². The van der Waals surface area contributed by atoms with Crippen molar-refractivity contribution in [3.05, 3.63) is 192 Å². The summed E-state index contributed by atoms with van der Waals surface area (Å²) in [5, 5.41) is 5.27. The standard InChI is InChI=1S/C51H41N/c1-34-18-24-39(25-19-34)49-46(37-12-6-4-7-13-37)33-47(38-14-8-5-9-15-38)50-44-17-11-10-16-43(44)48-32-42(30-31-45(48)51(49)50)52(40-26-20-35(2)21-27-40)41-28-22-36(3)23-29-41/h4-9,11-15,17-33H,10,16H2,1-3H3. The summed E-state index contributed by atoms with van der Waals surface area (Å²) in [6.45, 7) is 6.48. The summed E-state index contributed by atoms with van der Waals surface area (Å²) in [4.78, 5) is 2.41. The summed E-state index contributed by atoms with van der Waals surface area (Å²) in [5.74, 6) is 0. The number of allylic oxidation sites excluding steroid dienone is 1. The second kappa shape index (κ2) is 13.2. The number of nitrogens with zero attached hydrogens (tertiary/aromatic N) is 1. The van der Waals surface area contributed by atoms with E-state index >= 15 is 0 Å². The van der Waals surface area contributed by atoms with Crippen LogP contribution in [0.25, 0.3) is 61.0 Å². The molecule has 0 N–H and O–H groups in total. The third-order valence-electron chi connectivity index (χ3n) is 10.7. The van der Waals surface area contributed by atoms with Gasteiger partial charge in [0.25, 0.3) is 0 Å². The predicted octanol–water partition coefficient (Wildman–Crippen LogP) is 14.3. The zero-order chi connectivity index (χ0) is 35.2. The van der Waals surface area contributed by atoms with Gasteiger partial charge in [0, 0.05) is 17.1 Å². The molecule has 0 heterocycles. The molecule has 8 aromatic carbocycles. The first-order valence-electron chi connectivity index (χ1n) is 18.4. The van der Waals surface area contributed by atoms with Crippen molar-refractivity contribution in [2.75, 3.05) is 4.90 Å². The average Bonchev–Trinajstić information content (AvgIpc) is 3.20. The maximum absolute atomic E-state index is 2.46. The van der Waals surface area contributed by atoms with Crippen molar-refractivity contribution in [3.63, 3.8) is 0 Å². The van der Waals surface area contributed by atoms with Gasteiger partial charge in [-0.25, -0.2) is 0 Å². The Hall–Kier alpha value is -6.18. The van der Waals surface area contributed by atoms with E-state index < -0.39 is 0 Å². The van der Waals surface area contributed by atoms with Gasteiger partial charge < -0.3 is 4.90 Å². The van der Waals surface area contributed by atoms with Gasteiger partial charge >= 0.3 is 0 Å². The Morgan fingerprint density at radius 1 is 0.442 bits per heavy atom. The van der Waals surface area contributed by atoms with Crippen LogP contribution in [0.3, 0.4) is 0 Å². The second-order valence-electron chi connectivity index (χ2n) is 14.3. The molecule has 1 nitrogen and oxygen atoms in total. The lowest BCUT2D eigenvalue weighted by molar-refractivity contribution is 1.00. The van der Waals surface area contributed by atoms with Crippen LogP contribution in [0.5, 0.6) is 0 Å². The van der Waals surface area contributed by atoms with Crippen LogP contribution in [-0.2, 0) is 6.42 Å². The van der Waals surface area contributed by atoms with Gasteiger partial charge in [-0.1, -0.05) is 144 Å².